The van der Waals surface area contributed by atoms with Crippen molar-refractivity contribution < 1.29 is 9.53 Å². The first-order valence-corrected chi connectivity index (χ1v) is 7.40. The van der Waals surface area contributed by atoms with Gasteiger partial charge in [-0.3, -0.25) is 4.79 Å². The van der Waals surface area contributed by atoms with Crippen LogP contribution in [-0.4, -0.2) is 15.9 Å². The monoisotopic (exact) mass is 348 g/mol. The summed E-state index contributed by atoms with van der Waals surface area (Å²) in [6.07, 6.45) is 0. The van der Waals surface area contributed by atoms with Crippen molar-refractivity contribution in [2.24, 2.45) is 0 Å². The fourth-order valence-corrected chi connectivity index (χ4v) is 2.56. The van der Waals surface area contributed by atoms with E-state index in [-0.39, 0.29) is 28.6 Å². The zero-order valence-electron chi connectivity index (χ0n) is 11.7. The fourth-order valence-electron chi connectivity index (χ4n) is 2.07. The minimum Gasteiger partial charge on any atom is -0.454 e. The van der Waals surface area contributed by atoms with E-state index in [1.54, 1.807) is 30.3 Å². The Morgan fingerprint density at radius 1 is 1.17 bits per heavy atom. The number of rotatable bonds is 3. The van der Waals surface area contributed by atoms with E-state index in [4.69, 9.17) is 27.9 Å². The number of esters is 1. The molecule has 2 aromatic carbocycles. The quantitative estimate of drug-likeness (QED) is 0.734. The second-order valence-electron chi connectivity index (χ2n) is 4.73. The Morgan fingerprint density at radius 2 is 1.96 bits per heavy atom. The third-order valence-electron chi connectivity index (χ3n) is 3.15. The molecule has 116 valence electrons. The topological polar surface area (TPSA) is 72.0 Å². The lowest BCUT2D eigenvalue weighted by molar-refractivity contribution is 0.0462. The molecule has 0 amide bonds. The summed E-state index contributed by atoms with van der Waals surface area (Å²) >= 11 is 11.7. The van der Waals surface area contributed by atoms with Gasteiger partial charge in [0.25, 0.3) is 5.56 Å². The third-order valence-corrected chi connectivity index (χ3v) is 3.70. The third kappa shape index (κ3) is 3.36. The van der Waals surface area contributed by atoms with Crippen LogP contribution >= 0.6 is 23.2 Å². The van der Waals surface area contributed by atoms with Gasteiger partial charge in [-0.2, -0.15) is 0 Å². The Bertz CT molecular complexity index is 953. The predicted octanol–water partition coefficient (Wildman–Crippen LogP) is 3.59. The molecule has 0 unspecified atom stereocenters. The zero-order chi connectivity index (χ0) is 16.4. The highest BCUT2D eigenvalue weighted by atomic mass is 35.5. The average Bonchev–Trinajstić information content (AvgIpc) is 2.53. The molecule has 1 aromatic heterocycles. The van der Waals surface area contributed by atoms with E-state index in [2.05, 4.69) is 9.97 Å². The van der Waals surface area contributed by atoms with Gasteiger partial charge in [0.15, 0.2) is 0 Å². The van der Waals surface area contributed by atoms with Gasteiger partial charge in [-0.15, -0.1) is 0 Å². The number of hydrogen-bond acceptors (Lipinski definition) is 4. The van der Waals surface area contributed by atoms with Crippen molar-refractivity contribution >= 4 is 40.1 Å². The van der Waals surface area contributed by atoms with Crippen LogP contribution in [-0.2, 0) is 11.3 Å². The maximum Gasteiger partial charge on any atom is 0.340 e. The number of carbonyl (C=O) groups excluding carboxylic acids is 1. The Hall–Kier alpha value is -2.37. The number of aromatic nitrogens is 2. The number of H-pyrrole nitrogens is 1. The van der Waals surface area contributed by atoms with Gasteiger partial charge in [0, 0.05) is 5.02 Å². The number of ether oxygens (including phenoxy) is 1. The molecule has 5 nitrogen and oxygen atoms in total. The smallest absolute Gasteiger partial charge is 0.340 e. The Kier molecular flexibility index (Phi) is 4.32. The maximum atomic E-state index is 12.0. The molecule has 1 heterocycles. The van der Waals surface area contributed by atoms with Gasteiger partial charge in [0.1, 0.15) is 12.4 Å². The maximum absolute atomic E-state index is 12.0. The van der Waals surface area contributed by atoms with Crippen molar-refractivity contribution in [2.45, 2.75) is 6.61 Å². The Labute approximate surface area is 140 Å². The normalized spacial score (nSPS) is 10.7. The van der Waals surface area contributed by atoms with Crippen molar-refractivity contribution in [3.05, 3.63) is 74.3 Å². The number of aromatic amines is 1. The number of carbonyl (C=O) groups is 1. The van der Waals surface area contributed by atoms with E-state index in [9.17, 15) is 9.59 Å². The number of benzene rings is 2. The molecule has 0 saturated heterocycles. The number of hydrogen-bond donors (Lipinski definition) is 1. The van der Waals surface area contributed by atoms with Gasteiger partial charge < -0.3 is 9.72 Å². The number of nitrogens with one attached hydrogen (secondary N) is 1. The molecule has 0 aliphatic rings. The molecule has 0 atom stereocenters. The molecule has 0 fully saturated rings. The first-order valence-electron chi connectivity index (χ1n) is 6.65. The lowest BCUT2D eigenvalue weighted by Crippen LogP contribution is -2.14. The van der Waals surface area contributed by atoms with E-state index < -0.39 is 5.97 Å². The van der Waals surface area contributed by atoms with E-state index in [0.29, 0.717) is 15.9 Å². The fraction of sp³-hybridized carbons (Fsp3) is 0.0625. The predicted molar refractivity (Wildman–Crippen MR) is 87.9 cm³/mol. The summed E-state index contributed by atoms with van der Waals surface area (Å²) in [5, 5.41) is 1.10. The highest BCUT2D eigenvalue weighted by Crippen LogP contribution is 2.21. The van der Waals surface area contributed by atoms with E-state index in [0.717, 1.165) is 0 Å². The molecule has 3 rings (SSSR count). The van der Waals surface area contributed by atoms with Gasteiger partial charge in [0.2, 0.25) is 0 Å². The average molecular weight is 349 g/mol. The van der Waals surface area contributed by atoms with Gasteiger partial charge in [-0.25, -0.2) is 9.78 Å². The summed E-state index contributed by atoms with van der Waals surface area (Å²) in [6.45, 7) is -0.169. The zero-order valence-corrected chi connectivity index (χ0v) is 13.2. The first-order chi connectivity index (χ1) is 11.0. The van der Waals surface area contributed by atoms with Crippen molar-refractivity contribution in [1.82, 2.24) is 9.97 Å². The van der Waals surface area contributed by atoms with Gasteiger partial charge in [-0.05, 0) is 30.3 Å². The largest absolute Gasteiger partial charge is 0.454 e. The molecule has 0 radical (unpaired) electrons. The molecule has 0 bridgehead atoms. The number of para-hydroxylation sites is 1. The van der Waals surface area contributed by atoms with Gasteiger partial charge in [0.05, 0.1) is 21.5 Å². The molecule has 0 aliphatic heterocycles. The number of fused-ring (bicyclic) bond motifs is 1. The van der Waals surface area contributed by atoms with E-state index >= 15 is 0 Å². The van der Waals surface area contributed by atoms with Crippen LogP contribution in [0.4, 0.5) is 0 Å². The molecule has 7 heteroatoms. The molecule has 23 heavy (non-hydrogen) atoms. The van der Waals surface area contributed by atoms with Crippen LogP contribution in [0.5, 0.6) is 0 Å². The van der Waals surface area contributed by atoms with Crippen LogP contribution in [0.3, 0.4) is 0 Å². The molecule has 0 saturated carbocycles. The van der Waals surface area contributed by atoms with Gasteiger partial charge >= 0.3 is 5.97 Å². The van der Waals surface area contributed by atoms with Crippen molar-refractivity contribution in [3.8, 4) is 0 Å². The molecular formula is C16H10Cl2N2O3. The lowest BCUT2D eigenvalue weighted by Gasteiger charge is -2.07. The molecule has 0 spiro atoms. The number of halogens is 2. The Balaban J connectivity index is 1.80. The summed E-state index contributed by atoms with van der Waals surface area (Å²) in [5.74, 6) is -0.366. The second-order valence-corrected chi connectivity index (χ2v) is 5.57. The van der Waals surface area contributed by atoms with Crippen molar-refractivity contribution in [1.29, 1.82) is 0 Å². The minimum atomic E-state index is -0.623. The SMILES string of the molecule is O=C(OCc1nc2ccccc2c(=O)[nH]1)c1ccc(Cl)cc1Cl. The van der Waals surface area contributed by atoms with E-state index in [1.165, 1.54) is 12.1 Å². The minimum absolute atomic E-state index is 0.169. The van der Waals surface area contributed by atoms with Crippen molar-refractivity contribution in [3.63, 3.8) is 0 Å². The first kappa shape index (κ1) is 15.5. The highest BCUT2D eigenvalue weighted by Gasteiger charge is 2.13. The van der Waals surface area contributed by atoms with Crippen LogP contribution in [0.1, 0.15) is 16.2 Å². The standard InChI is InChI=1S/C16H10Cl2N2O3/c17-9-5-6-10(12(18)7-9)16(22)23-8-14-19-13-4-2-1-3-11(13)15(21)20-14/h1-7H,8H2,(H,19,20,21). The molecule has 1 N–H and O–H groups in total. The van der Waals surface area contributed by atoms with Crippen molar-refractivity contribution in [2.75, 3.05) is 0 Å². The summed E-state index contributed by atoms with van der Waals surface area (Å²) in [4.78, 5) is 30.8. The summed E-state index contributed by atoms with van der Waals surface area (Å²) in [7, 11) is 0. The summed E-state index contributed by atoms with van der Waals surface area (Å²) < 4.78 is 5.14. The van der Waals surface area contributed by atoms with E-state index in [1.807, 2.05) is 0 Å². The van der Waals surface area contributed by atoms with Crippen LogP contribution in [0.25, 0.3) is 10.9 Å². The summed E-state index contributed by atoms with van der Waals surface area (Å²) in [6, 6.07) is 11.4. The van der Waals surface area contributed by atoms with Crippen LogP contribution in [0, 0.1) is 0 Å². The highest BCUT2D eigenvalue weighted by molar-refractivity contribution is 6.36. The van der Waals surface area contributed by atoms with Crippen LogP contribution < -0.4 is 5.56 Å². The number of nitrogens with zero attached hydrogens (tertiary/aromatic N) is 1. The van der Waals surface area contributed by atoms with Gasteiger partial charge in [-0.1, -0.05) is 35.3 Å². The van der Waals surface area contributed by atoms with Crippen LogP contribution in [0.15, 0.2) is 47.3 Å². The van der Waals surface area contributed by atoms with Crippen LogP contribution in [0.2, 0.25) is 10.0 Å². The molecule has 3 aromatic rings. The summed E-state index contributed by atoms with van der Waals surface area (Å²) in [5.41, 5.74) is 0.442. The second kappa shape index (κ2) is 6.40. The lowest BCUT2D eigenvalue weighted by atomic mass is 10.2. The molecular weight excluding hydrogens is 339 g/mol. The molecule has 0 aliphatic carbocycles. The Morgan fingerprint density at radius 3 is 2.74 bits per heavy atom.